The lowest BCUT2D eigenvalue weighted by molar-refractivity contribution is -0.333. The number of ether oxygens (including phenoxy) is 2. The van der Waals surface area contributed by atoms with Gasteiger partial charge in [-0.25, -0.2) is 4.79 Å². The van der Waals surface area contributed by atoms with Crippen LogP contribution in [0.25, 0.3) is 0 Å². The molecule has 10 heteroatoms. The first-order chi connectivity index (χ1) is 9.67. The molecule has 0 amide bonds. The number of hydrogen-bond donors (Lipinski definition) is 2. The quantitative estimate of drug-likeness (QED) is 0.821. The number of aliphatic hydroxyl groups is 1. The molecule has 1 aliphatic heterocycles. The van der Waals surface area contributed by atoms with Crippen LogP contribution >= 0.6 is 0 Å². The third-order valence-corrected chi connectivity index (χ3v) is 3.07. The summed E-state index contributed by atoms with van der Waals surface area (Å²) in [6.45, 7) is 0.586. The van der Waals surface area contributed by atoms with E-state index >= 15 is 0 Å². The Hall–Kier alpha value is -1.65. The van der Waals surface area contributed by atoms with E-state index in [2.05, 4.69) is 4.74 Å². The summed E-state index contributed by atoms with van der Waals surface area (Å²) in [6.07, 6.45) is -7.08. The summed E-state index contributed by atoms with van der Waals surface area (Å²) in [5.74, 6) is 0. The van der Waals surface area contributed by atoms with Crippen molar-refractivity contribution in [2.75, 3.05) is 6.61 Å². The number of aromatic amines is 1. The number of rotatable bonds is 3. The van der Waals surface area contributed by atoms with E-state index in [4.69, 9.17) is 4.74 Å². The molecule has 7 nitrogen and oxygen atoms in total. The molecule has 1 aromatic heterocycles. The van der Waals surface area contributed by atoms with Crippen LogP contribution in [0.2, 0.25) is 0 Å². The predicted molar refractivity (Wildman–Crippen MR) is 62.6 cm³/mol. The maximum atomic E-state index is 12.0. The summed E-state index contributed by atoms with van der Waals surface area (Å²) < 4.78 is 45.7. The molecule has 0 unspecified atom stereocenters. The smallest absolute Gasteiger partial charge is 0.390 e. The van der Waals surface area contributed by atoms with Crippen LogP contribution in [-0.2, 0) is 9.47 Å². The lowest BCUT2D eigenvalue weighted by atomic mass is 10.2. The summed E-state index contributed by atoms with van der Waals surface area (Å²) in [6, 6.07) is 0. The minimum Gasteiger partial charge on any atom is -0.390 e. The van der Waals surface area contributed by atoms with E-state index in [9.17, 15) is 27.9 Å². The van der Waals surface area contributed by atoms with Gasteiger partial charge in [-0.05, 0) is 6.92 Å². The zero-order valence-electron chi connectivity index (χ0n) is 10.9. The highest BCUT2D eigenvalue weighted by Gasteiger charge is 2.39. The van der Waals surface area contributed by atoms with Crippen molar-refractivity contribution in [3.05, 3.63) is 32.6 Å². The molecule has 0 radical (unpaired) electrons. The fourth-order valence-corrected chi connectivity index (χ4v) is 2.01. The summed E-state index contributed by atoms with van der Waals surface area (Å²) in [5, 5.41) is 9.67. The van der Waals surface area contributed by atoms with Crippen molar-refractivity contribution in [2.45, 2.75) is 38.1 Å². The van der Waals surface area contributed by atoms with Gasteiger partial charge >= 0.3 is 12.1 Å². The summed E-state index contributed by atoms with van der Waals surface area (Å²) >= 11 is 0. The van der Waals surface area contributed by atoms with Crippen LogP contribution in [0.4, 0.5) is 13.2 Å². The number of halogens is 3. The molecule has 2 heterocycles. The molecular formula is C11H13F3N2O5. The number of aromatic nitrogens is 2. The van der Waals surface area contributed by atoms with Gasteiger partial charge in [0.25, 0.3) is 5.56 Å². The molecule has 2 N–H and O–H groups in total. The zero-order chi connectivity index (χ0) is 15.8. The fourth-order valence-electron chi connectivity index (χ4n) is 2.01. The van der Waals surface area contributed by atoms with E-state index in [-0.39, 0.29) is 12.0 Å². The largest absolute Gasteiger partial charge is 0.522 e. The van der Waals surface area contributed by atoms with Crippen LogP contribution in [0.15, 0.2) is 15.8 Å². The second-order valence-corrected chi connectivity index (χ2v) is 4.67. The number of alkyl halides is 3. The van der Waals surface area contributed by atoms with Crippen LogP contribution in [0.1, 0.15) is 18.2 Å². The van der Waals surface area contributed by atoms with Gasteiger partial charge in [-0.3, -0.25) is 19.1 Å². The van der Waals surface area contributed by atoms with Crippen molar-refractivity contribution in [3.8, 4) is 0 Å². The van der Waals surface area contributed by atoms with Crippen molar-refractivity contribution < 1.29 is 27.8 Å². The standard InChI is InChI=1S/C11H13F3N2O5/c1-5-3-16(10(19)15-9(5)18)8-2-6(17)7(21-8)4-20-11(12,13)14/h3,6-8,17H,2,4H2,1H3,(H,15,18,19)/t6-,7+,8+/m0/s1. The Morgan fingerprint density at radius 3 is 2.81 bits per heavy atom. The van der Waals surface area contributed by atoms with Gasteiger partial charge in [0.05, 0.1) is 12.7 Å². The van der Waals surface area contributed by atoms with Crippen molar-refractivity contribution >= 4 is 0 Å². The highest BCUT2D eigenvalue weighted by molar-refractivity contribution is 5.02. The Kier molecular flexibility index (Phi) is 4.21. The van der Waals surface area contributed by atoms with Crippen molar-refractivity contribution in [2.24, 2.45) is 0 Å². The number of nitrogens with one attached hydrogen (secondary N) is 1. The van der Waals surface area contributed by atoms with Crippen molar-refractivity contribution in [3.63, 3.8) is 0 Å². The maximum absolute atomic E-state index is 12.0. The summed E-state index contributed by atoms with van der Waals surface area (Å²) in [7, 11) is 0. The van der Waals surface area contributed by atoms with Gasteiger partial charge in [0.15, 0.2) is 0 Å². The molecular weight excluding hydrogens is 297 g/mol. The average molecular weight is 310 g/mol. The monoisotopic (exact) mass is 310 g/mol. The Morgan fingerprint density at radius 2 is 2.19 bits per heavy atom. The molecule has 1 aromatic rings. The highest BCUT2D eigenvalue weighted by Crippen LogP contribution is 2.29. The lowest BCUT2D eigenvalue weighted by Crippen LogP contribution is -2.33. The van der Waals surface area contributed by atoms with E-state index < -0.39 is 42.7 Å². The first kappa shape index (κ1) is 15.7. The fraction of sp³-hybridized carbons (Fsp3) is 0.636. The second-order valence-electron chi connectivity index (χ2n) is 4.67. The van der Waals surface area contributed by atoms with Gasteiger partial charge in [0, 0.05) is 18.2 Å². The molecule has 0 aromatic carbocycles. The third kappa shape index (κ3) is 3.71. The Balaban J connectivity index is 2.12. The number of hydrogen-bond acceptors (Lipinski definition) is 5. The molecule has 2 rings (SSSR count). The third-order valence-electron chi connectivity index (χ3n) is 3.07. The molecule has 0 aliphatic carbocycles. The number of nitrogens with zero attached hydrogens (tertiary/aromatic N) is 1. The van der Waals surface area contributed by atoms with E-state index in [0.717, 1.165) is 4.57 Å². The van der Waals surface area contributed by atoms with Gasteiger partial charge in [0.2, 0.25) is 0 Å². The van der Waals surface area contributed by atoms with Crippen molar-refractivity contribution in [1.29, 1.82) is 0 Å². The minimum atomic E-state index is -4.83. The summed E-state index contributed by atoms with van der Waals surface area (Å²) in [5.41, 5.74) is -1.09. The van der Waals surface area contributed by atoms with E-state index in [0.29, 0.717) is 0 Å². The summed E-state index contributed by atoms with van der Waals surface area (Å²) in [4.78, 5) is 24.9. The Bertz CT molecular complexity index is 624. The van der Waals surface area contributed by atoms with Crippen LogP contribution in [0.5, 0.6) is 0 Å². The predicted octanol–water partition coefficient (Wildman–Crippen LogP) is 0.0298. The van der Waals surface area contributed by atoms with E-state index in [1.54, 1.807) is 0 Å². The van der Waals surface area contributed by atoms with Gasteiger partial charge in [-0.1, -0.05) is 0 Å². The Morgan fingerprint density at radius 1 is 1.52 bits per heavy atom. The SMILES string of the molecule is Cc1cn([C@H]2C[C@H](O)[C@@H](COC(F)(F)F)O2)c(=O)[nH]c1=O. The first-order valence-electron chi connectivity index (χ1n) is 6.03. The highest BCUT2D eigenvalue weighted by atomic mass is 19.4. The second kappa shape index (κ2) is 5.62. The first-order valence-corrected chi connectivity index (χ1v) is 6.03. The molecule has 118 valence electrons. The molecule has 21 heavy (non-hydrogen) atoms. The minimum absolute atomic E-state index is 0.0860. The van der Waals surface area contributed by atoms with Gasteiger partial charge in [0.1, 0.15) is 12.3 Å². The van der Waals surface area contributed by atoms with Crippen molar-refractivity contribution in [1.82, 2.24) is 9.55 Å². The maximum Gasteiger partial charge on any atom is 0.522 e. The molecule has 0 saturated carbocycles. The van der Waals surface area contributed by atoms with Gasteiger partial charge in [-0.2, -0.15) is 0 Å². The topological polar surface area (TPSA) is 93.6 Å². The number of H-pyrrole nitrogens is 1. The number of aliphatic hydroxyl groups excluding tert-OH is 1. The molecule has 0 bridgehead atoms. The molecule has 1 aliphatic rings. The lowest BCUT2D eigenvalue weighted by Gasteiger charge is -2.17. The molecule has 0 spiro atoms. The zero-order valence-corrected chi connectivity index (χ0v) is 10.9. The van der Waals surface area contributed by atoms with E-state index in [1.165, 1.54) is 13.1 Å². The normalized spacial score (nSPS) is 26.2. The van der Waals surface area contributed by atoms with Crippen LogP contribution in [0, 0.1) is 6.92 Å². The van der Waals surface area contributed by atoms with Crippen LogP contribution in [-0.4, -0.2) is 39.8 Å². The van der Waals surface area contributed by atoms with Crippen LogP contribution in [0.3, 0.4) is 0 Å². The molecule has 3 atom stereocenters. The number of aryl methyl sites for hydroxylation is 1. The molecule has 1 saturated heterocycles. The molecule has 1 fully saturated rings. The van der Waals surface area contributed by atoms with Gasteiger partial charge in [-0.15, -0.1) is 13.2 Å². The average Bonchev–Trinajstić information content (AvgIpc) is 2.72. The van der Waals surface area contributed by atoms with Gasteiger partial charge < -0.3 is 9.84 Å². The Labute approximate surface area is 115 Å². The van der Waals surface area contributed by atoms with Crippen LogP contribution < -0.4 is 11.2 Å². The van der Waals surface area contributed by atoms with E-state index in [1.807, 2.05) is 4.98 Å².